The van der Waals surface area contributed by atoms with Gasteiger partial charge in [-0.2, -0.15) is 0 Å². The number of nitrogens with zero attached hydrogens (tertiary/aromatic N) is 2. The lowest BCUT2D eigenvalue weighted by Gasteiger charge is -2.25. The van der Waals surface area contributed by atoms with Crippen molar-refractivity contribution < 1.29 is 0 Å². The Morgan fingerprint density at radius 1 is 1.18 bits per heavy atom. The molecule has 0 aliphatic carbocycles. The summed E-state index contributed by atoms with van der Waals surface area (Å²) in [4.78, 5) is 4.56. The SMILES string of the molecule is CCN(CCCN(C)C)c1ccc(C)cc1N. The van der Waals surface area contributed by atoms with Gasteiger partial charge in [0.2, 0.25) is 0 Å². The molecule has 0 fully saturated rings. The van der Waals surface area contributed by atoms with Gasteiger partial charge in [0.05, 0.1) is 11.4 Å². The molecule has 0 aliphatic heterocycles. The molecule has 0 spiro atoms. The van der Waals surface area contributed by atoms with E-state index in [0.29, 0.717) is 0 Å². The lowest BCUT2D eigenvalue weighted by molar-refractivity contribution is 0.400. The average molecular weight is 235 g/mol. The van der Waals surface area contributed by atoms with Crippen molar-refractivity contribution in [3.05, 3.63) is 23.8 Å². The fourth-order valence-corrected chi connectivity index (χ4v) is 1.99. The van der Waals surface area contributed by atoms with E-state index in [1.54, 1.807) is 0 Å². The Morgan fingerprint density at radius 3 is 2.41 bits per heavy atom. The molecule has 0 bridgehead atoms. The van der Waals surface area contributed by atoms with Crippen LogP contribution >= 0.6 is 0 Å². The van der Waals surface area contributed by atoms with Crippen molar-refractivity contribution in [1.29, 1.82) is 0 Å². The van der Waals surface area contributed by atoms with Crippen LogP contribution in [0.25, 0.3) is 0 Å². The quantitative estimate of drug-likeness (QED) is 0.768. The molecule has 0 unspecified atom stereocenters. The third kappa shape index (κ3) is 4.27. The molecular weight excluding hydrogens is 210 g/mol. The van der Waals surface area contributed by atoms with E-state index in [9.17, 15) is 0 Å². The zero-order chi connectivity index (χ0) is 12.8. The van der Waals surface area contributed by atoms with Crippen LogP contribution in [0.4, 0.5) is 11.4 Å². The maximum atomic E-state index is 6.08. The number of aryl methyl sites for hydroxylation is 1. The van der Waals surface area contributed by atoms with E-state index >= 15 is 0 Å². The highest BCUT2D eigenvalue weighted by Gasteiger charge is 2.07. The standard InChI is InChI=1S/C14H25N3/c1-5-17(10-6-9-16(3)4)14-8-7-12(2)11-13(14)15/h7-8,11H,5-6,9-10,15H2,1-4H3. The summed E-state index contributed by atoms with van der Waals surface area (Å²) < 4.78 is 0. The van der Waals surface area contributed by atoms with Gasteiger partial charge in [-0.3, -0.25) is 0 Å². The van der Waals surface area contributed by atoms with Crippen LogP contribution in [0.5, 0.6) is 0 Å². The first-order valence-electron chi connectivity index (χ1n) is 6.30. The number of benzene rings is 1. The maximum Gasteiger partial charge on any atom is 0.0600 e. The molecule has 96 valence electrons. The molecular formula is C14H25N3. The zero-order valence-corrected chi connectivity index (χ0v) is 11.5. The lowest BCUT2D eigenvalue weighted by Crippen LogP contribution is -2.27. The Balaban J connectivity index is 2.66. The Morgan fingerprint density at radius 2 is 1.88 bits per heavy atom. The minimum Gasteiger partial charge on any atom is -0.397 e. The molecule has 17 heavy (non-hydrogen) atoms. The van der Waals surface area contributed by atoms with E-state index in [-0.39, 0.29) is 0 Å². The van der Waals surface area contributed by atoms with Gasteiger partial charge >= 0.3 is 0 Å². The topological polar surface area (TPSA) is 32.5 Å². The van der Waals surface area contributed by atoms with Gasteiger partial charge in [0.15, 0.2) is 0 Å². The molecule has 0 saturated carbocycles. The van der Waals surface area contributed by atoms with Gasteiger partial charge in [0.1, 0.15) is 0 Å². The first kappa shape index (κ1) is 13.8. The predicted molar refractivity (Wildman–Crippen MR) is 76.6 cm³/mol. The van der Waals surface area contributed by atoms with Gasteiger partial charge < -0.3 is 15.5 Å². The third-order valence-electron chi connectivity index (χ3n) is 2.94. The molecule has 0 heterocycles. The number of nitrogen functional groups attached to an aromatic ring is 1. The lowest BCUT2D eigenvalue weighted by atomic mass is 10.1. The Hall–Kier alpha value is -1.22. The van der Waals surface area contributed by atoms with E-state index in [1.165, 1.54) is 5.56 Å². The van der Waals surface area contributed by atoms with E-state index in [4.69, 9.17) is 5.73 Å². The van der Waals surface area contributed by atoms with E-state index < -0.39 is 0 Å². The van der Waals surface area contributed by atoms with Crippen LogP contribution in [0.1, 0.15) is 18.9 Å². The smallest absolute Gasteiger partial charge is 0.0600 e. The Kier molecular flexibility index (Phi) is 5.29. The third-order valence-corrected chi connectivity index (χ3v) is 2.94. The average Bonchev–Trinajstić information content (AvgIpc) is 2.25. The number of nitrogens with two attached hydrogens (primary N) is 1. The first-order valence-corrected chi connectivity index (χ1v) is 6.30. The molecule has 2 N–H and O–H groups in total. The summed E-state index contributed by atoms with van der Waals surface area (Å²) in [5.41, 5.74) is 9.35. The summed E-state index contributed by atoms with van der Waals surface area (Å²) in [6, 6.07) is 6.30. The van der Waals surface area contributed by atoms with Crippen LogP contribution in [-0.4, -0.2) is 38.6 Å². The van der Waals surface area contributed by atoms with Crippen molar-refractivity contribution in [2.45, 2.75) is 20.3 Å². The molecule has 0 saturated heterocycles. The Labute approximate surface area is 105 Å². The number of hydrogen-bond donors (Lipinski definition) is 1. The summed E-state index contributed by atoms with van der Waals surface area (Å²) in [6.45, 7) is 7.42. The van der Waals surface area contributed by atoms with Crippen LogP contribution in [0, 0.1) is 6.92 Å². The van der Waals surface area contributed by atoms with Crippen molar-refractivity contribution in [2.75, 3.05) is 44.4 Å². The first-order chi connectivity index (χ1) is 8.04. The van der Waals surface area contributed by atoms with Gasteiger partial charge in [-0.05, 0) is 58.6 Å². The summed E-state index contributed by atoms with van der Waals surface area (Å²) in [5.74, 6) is 0. The molecule has 0 aliphatic rings. The van der Waals surface area contributed by atoms with Crippen molar-refractivity contribution in [1.82, 2.24) is 4.90 Å². The van der Waals surface area contributed by atoms with Gasteiger partial charge in [-0.25, -0.2) is 0 Å². The fraction of sp³-hybridized carbons (Fsp3) is 0.571. The monoisotopic (exact) mass is 235 g/mol. The fourth-order valence-electron chi connectivity index (χ4n) is 1.99. The maximum absolute atomic E-state index is 6.08. The zero-order valence-electron chi connectivity index (χ0n) is 11.5. The summed E-state index contributed by atoms with van der Waals surface area (Å²) in [5, 5.41) is 0. The minimum atomic E-state index is 0.886. The summed E-state index contributed by atoms with van der Waals surface area (Å²) in [7, 11) is 4.22. The molecule has 0 amide bonds. The van der Waals surface area contributed by atoms with Gasteiger partial charge in [-0.15, -0.1) is 0 Å². The molecule has 1 rings (SSSR count). The van der Waals surface area contributed by atoms with Gasteiger partial charge in [-0.1, -0.05) is 6.07 Å². The largest absolute Gasteiger partial charge is 0.397 e. The molecule has 0 atom stereocenters. The van der Waals surface area contributed by atoms with Crippen molar-refractivity contribution in [3.8, 4) is 0 Å². The highest BCUT2D eigenvalue weighted by molar-refractivity contribution is 5.68. The van der Waals surface area contributed by atoms with Gasteiger partial charge in [0.25, 0.3) is 0 Å². The van der Waals surface area contributed by atoms with E-state index in [2.05, 4.69) is 49.9 Å². The number of anilines is 2. The normalized spacial score (nSPS) is 10.9. The van der Waals surface area contributed by atoms with Crippen molar-refractivity contribution >= 4 is 11.4 Å². The number of hydrogen-bond acceptors (Lipinski definition) is 3. The van der Waals surface area contributed by atoms with E-state index in [0.717, 1.165) is 37.4 Å². The van der Waals surface area contributed by atoms with Crippen LogP contribution in [0.2, 0.25) is 0 Å². The summed E-state index contributed by atoms with van der Waals surface area (Å²) >= 11 is 0. The summed E-state index contributed by atoms with van der Waals surface area (Å²) in [6.07, 6.45) is 1.16. The molecule has 3 nitrogen and oxygen atoms in total. The minimum absolute atomic E-state index is 0.886. The second-order valence-corrected chi connectivity index (χ2v) is 4.80. The van der Waals surface area contributed by atoms with Crippen LogP contribution < -0.4 is 10.6 Å². The molecule has 3 heteroatoms. The van der Waals surface area contributed by atoms with E-state index in [1.807, 2.05) is 6.07 Å². The van der Waals surface area contributed by atoms with Gasteiger partial charge in [0, 0.05) is 13.1 Å². The number of rotatable bonds is 6. The second kappa shape index (κ2) is 6.50. The molecule has 0 aromatic heterocycles. The molecule has 0 radical (unpaired) electrons. The molecule has 1 aromatic rings. The Bertz CT molecular complexity index is 347. The predicted octanol–water partition coefficient (Wildman–Crippen LogP) is 2.36. The van der Waals surface area contributed by atoms with Crippen LogP contribution in [0.15, 0.2) is 18.2 Å². The molecule has 1 aromatic carbocycles. The highest BCUT2D eigenvalue weighted by Crippen LogP contribution is 2.24. The van der Waals surface area contributed by atoms with Crippen LogP contribution in [0.3, 0.4) is 0 Å². The highest BCUT2D eigenvalue weighted by atomic mass is 15.1. The van der Waals surface area contributed by atoms with Crippen molar-refractivity contribution in [3.63, 3.8) is 0 Å². The van der Waals surface area contributed by atoms with Crippen molar-refractivity contribution in [2.24, 2.45) is 0 Å². The van der Waals surface area contributed by atoms with Crippen LogP contribution in [-0.2, 0) is 0 Å². The second-order valence-electron chi connectivity index (χ2n) is 4.80.